The van der Waals surface area contributed by atoms with Crippen molar-refractivity contribution < 1.29 is 5.11 Å². The number of hydrogen-bond donors (Lipinski definition) is 1. The third-order valence-corrected chi connectivity index (χ3v) is 4.68. The Labute approximate surface area is 105 Å². The van der Waals surface area contributed by atoms with Crippen molar-refractivity contribution in [1.82, 2.24) is 9.38 Å². The highest BCUT2D eigenvalue weighted by molar-refractivity contribution is 7.99. The molecule has 0 bridgehead atoms. The van der Waals surface area contributed by atoms with Gasteiger partial charge >= 0.3 is 0 Å². The number of rotatable bonds is 3. The number of fused-ring (bicyclic) bond motifs is 1. The number of aromatic nitrogens is 2. The molecule has 0 aliphatic heterocycles. The van der Waals surface area contributed by atoms with Gasteiger partial charge in [0, 0.05) is 11.4 Å². The van der Waals surface area contributed by atoms with Crippen molar-refractivity contribution in [3.8, 4) is 0 Å². The van der Waals surface area contributed by atoms with Gasteiger partial charge in [-0.25, -0.2) is 4.98 Å². The molecule has 2 aromatic rings. The second-order valence-corrected chi connectivity index (χ2v) is 5.76. The van der Waals surface area contributed by atoms with E-state index in [-0.39, 0.29) is 6.61 Å². The summed E-state index contributed by atoms with van der Waals surface area (Å²) in [5, 5.41) is 11.2. The summed E-state index contributed by atoms with van der Waals surface area (Å²) in [5.74, 6) is 0. The lowest BCUT2D eigenvalue weighted by Gasteiger charge is -2.07. The Kier molecular flexibility index (Phi) is 3.07. The van der Waals surface area contributed by atoms with Crippen LogP contribution in [0.1, 0.15) is 31.4 Å². The van der Waals surface area contributed by atoms with Crippen LogP contribution in [0.4, 0.5) is 0 Å². The molecule has 3 nitrogen and oxygen atoms in total. The molecule has 0 saturated heterocycles. The van der Waals surface area contributed by atoms with Crippen molar-refractivity contribution in [2.75, 3.05) is 0 Å². The Morgan fingerprint density at radius 2 is 2.18 bits per heavy atom. The van der Waals surface area contributed by atoms with Crippen molar-refractivity contribution in [1.29, 1.82) is 0 Å². The van der Waals surface area contributed by atoms with E-state index in [4.69, 9.17) is 0 Å². The quantitative estimate of drug-likeness (QED) is 0.907. The van der Waals surface area contributed by atoms with E-state index < -0.39 is 0 Å². The maximum absolute atomic E-state index is 9.51. The van der Waals surface area contributed by atoms with Gasteiger partial charge in [0.25, 0.3) is 0 Å². The molecule has 1 saturated carbocycles. The van der Waals surface area contributed by atoms with E-state index in [0.29, 0.717) is 5.25 Å². The highest BCUT2D eigenvalue weighted by Crippen LogP contribution is 2.36. The van der Waals surface area contributed by atoms with Crippen molar-refractivity contribution in [3.63, 3.8) is 0 Å². The Hall–Kier alpha value is -1.00. The zero-order valence-electron chi connectivity index (χ0n) is 9.67. The second-order valence-electron chi connectivity index (χ2n) is 4.47. The minimum absolute atomic E-state index is 0.0558. The van der Waals surface area contributed by atoms with Crippen LogP contribution in [-0.4, -0.2) is 19.7 Å². The third kappa shape index (κ3) is 2.07. The van der Waals surface area contributed by atoms with Gasteiger partial charge in [-0.1, -0.05) is 18.9 Å². The van der Waals surface area contributed by atoms with Crippen LogP contribution in [0.3, 0.4) is 0 Å². The van der Waals surface area contributed by atoms with Gasteiger partial charge in [0.15, 0.2) is 0 Å². The van der Waals surface area contributed by atoms with E-state index in [0.717, 1.165) is 16.4 Å². The predicted molar refractivity (Wildman–Crippen MR) is 69.2 cm³/mol. The van der Waals surface area contributed by atoms with Crippen LogP contribution in [0.15, 0.2) is 29.4 Å². The number of aliphatic hydroxyl groups is 1. The Balaban J connectivity index is 1.96. The van der Waals surface area contributed by atoms with Gasteiger partial charge in [0.1, 0.15) is 10.7 Å². The molecule has 2 aromatic heterocycles. The zero-order chi connectivity index (χ0) is 11.7. The highest BCUT2D eigenvalue weighted by atomic mass is 32.2. The van der Waals surface area contributed by atoms with Gasteiger partial charge < -0.3 is 9.51 Å². The lowest BCUT2D eigenvalue weighted by atomic mass is 10.4. The number of pyridine rings is 1. The van der Waals surface area contributed by atoms with Gasteiger partial charge in [0.05, 0.1) is 12.3 Å². The van der Waals surface area contributed by atoms with Gasteiger partial charge in [0.2, 0.25) is 0 Å². The monoisotopic (exact) mass is 248 g/mol. The summed E-state index contributed by atoms with van der Waals surface area (Å²) >= 11 is 1.84. The topological polar surface area (TPSA) is 37.5 Å². The van der Waals surface area contributed by atoms with E-state index in [9.17, 15) is 5.11 Å². The Morgan fingerprint density at radius 1 is 1.35 bits per heavy atom. The first-order valence-corrected chi connectivity index (χ1v) is 7.00. The minimum Gasteiger partial charge on any atom is -0.390 e. The molecule has 1 aliphatic carbocycles. The van der Waals surface area contributed by atoms with Crippen LogP contribution in [0.2, 0.25) is 0 Å². The molecule has 1 aliphatic rings. The van der Waals surface area contributed by atoms with Crippen LogP contribution in [0.5, 0.6) is 0 Å². The summed E-state index contributed by atoms with van der Waals surface area (Å²) in [4.78, 5) is 4.61. The smallest absolute Gasteiger partial charge is 0.138 e. The SMILES string of the molecule is OCc1c(SC2CCCC2)nc2ccccn12. The van der Waals surface area contributed by atoms with Crippen LogP contribution in [0.25, 0.3) is 5.65 Å². The standard InChI is InChI=1S/C13H16N2OS/c16-9-11-13(17-10-5-1-2-6-10)14-12-7-3-4-8-15(11)12/h3-4,7-8,10,16H,1-2,5-6,9H2. The fraction of sp³-hybridized carbons (Fsp3) is 0.462. The van der Waals surface area contributed by atoms with E-state index in [2.05, 4.69) is 4.98 Å². The van der Waals surface area contributed by atoms with Crippen molar-refractivity contribution in [2.45, 2.75) is 42.6 Å². The summed E-state index contributed by atoms with van der Waals surface area (Å²) in [6.07, 6.45) is 7.19. The molecule has 17 heavy (non-hydrogen) atoms. The molecule has 0 radical (unpaired) electrons. The molecule has 1 N–H and O–H groups in total. The predicted octanol–water partition coefficient (Wildman–Crippen LogP) is 2.86. The van der Waals surface area contributed by atoms with Crippen LogP contribution < -0.4 is 0 Å². The molecular weight excluding hydrogens is 232 g/mol. The first-order valence-electron chi connectivity index (χ1n) is 6.12. The molecule has 0 spiro atoms. The molecule has 0 unspecified atom stereocenters. The van der Waals surface area contributed by atoms with E-state index in [1.54, 1.807) is 0 Å². The fourth-order valence-corrected chi connectivity index (χ4v) is 3.76. The van der Waals surface area contributed by atoms with Crippen LogP contribution >= 0.6 is 11.8 Å². The lowest BCUT2D eigenvalue weighted by Crippen LogP contribution is -1.97. The number of hydrogen-bond acceptors (Lipinski definition) is 3. The second kappa shape index (κ2) is 4.70. The zero-order valence-corrected chi connectivity index (χ0v) is 10.5. The first kappa shape index (κ1) is 11.1. The van der Waals surface area contributed by atoms with Gasteiger partial charge in [-0.15, -0.1) is 11.8 Å². The molecular formula is C13H16N2OS. The van der Waals surface area contributed by atoms with Crippen molar-refractivity contribution in [3.05, 3.63) is 30.1 Å². The Morgan fingerprint density at radius 3 is 2.94 bits per heavy atom. The molecule has 0 amide bonds. The van der Waals surface area contributed by atoms with Crippen LogP contribution in [0, 0.1) is 0 Å². The molecule has 0 aromatic carbocycles. The molecule has 0 atom stereocenters. The largest absolute Gasteiger partial charge is 0.390 e. The first-order chi connectivity index (χ1) is 8.38. The van der Waals surface area contributed by atoms with Crippen molar-refractivity contribution >= 4 is 17.4 Å². The summed E-state index contributed by atoms with van der Waals surface area (Å²) in [5.41, 5.74) is 1.86. The van der Waals surface area contributed by atoms with E-state index in [1.807, 2.05) is 40.6 Å². The van der Waals surface area contributed by atoms with Gasteiger partial charge in [-0.05, 0) is 25.0 Å². The summed E-state index contributed by atoms with van der Waals surface area (Å²) in [7, 11) is 0. The maximum atomic E-state index is 9.51. The van der Waals surface area contributed by atoms with E-state index in [1.165, 1.54) is 25.7 Å². The minimum atomic E-state index is 0.0558. The maximum Gasteiger partial charge on any atom is 0.138 e. The average Bonchev–Trinajstić information content (AvgIpc) is 2.96. The average molecular weight is 248 g/mol. The third-order valence-electron chi connectivity index (χ3n) is 3.32. The van der Waals surface area contributed by atoms with Gasteiger partial charge in [-0.2, -0.15) is 0 Å². The number of imidazole rings is 1. The summed E-state index contributed by atoms with van der Waals surface area (Å²) in [6, 6.07) is 5.93. The van der Waals surface area contributed by atoms with Crippen molar-refractivity contribution in [2.24, 2.45) is 0 Å². The van der Waals surface area contributed by atoms with E-state index >= 15 is 0 Å². The lowest BCUT2D eigenvalue weighted by molar-refractivity contribution is 0.272. The molecule has 90 valence electrons. The molecule has 1 fully saturated rings. The summed E-state index contributed by atoms with van der Waals surface area (Å²) < 4.78 is 1.98. The Bertz CT molecular complexity index is 517. The molecule has 3 rings (SSSR count). The van der Waals surface area contributed by atoms with Gasteiger partial charge in [-0.3, -0.25) is 0 Å². The molecule has 4 heteroatoms. The van der Waals surface area contributed by atoms with Crippen LogP contribution in [-0.2, 0) is 6.61 Å². The summed E-state index contributed by atoms with van der Waals surface area (Å²) in [6.45, 7) is 0.0558. The molecule has 2 heterocycles. The number of nitrogens with zero attached hydrogens (tertiary/aromatic N) is 2. The number of thioether (sulfide) groups is 1. The number of aliphatic hydroxyl groups excluding tert-OH is 1. The highest BCUT2D eigenvalue weighted by Gasteiger charge is 2.20. The fourth-order valence-electron chi connectivity index (χ4n) is 2.43. The normalized spacial score (nSPS) is 17.0.